The molecule has 0 aliphatic carbocycles. The number of rotatable bonds is 4. The summed E-state index contributed by atoms with van der Waals surface area (Å²) in [5, 5.41) is 0.676. The van der Waals surface area contributed by atoms with Crippen molar-refractivity contribution in [2.45, 2.75) is 32.2 Å². The molecule has 1 aromatic rings. The summed E-state index contributed by atoms with van der Waals surface area (Å²) in [5.41, 5.74) is 0.765. The predicted octanol–water partition coefficient (Wildman–Crippen LogP) is 3.40. The molecule has 1 heterocycles. The lowest BCUT2D eigenvalue weighted by Crippen LogP contribution is -2.29. The largest absolute Gasteiger partial charge is 0.300 e. The van der Waals surface area contributed by atoms with Crippen molar-refractivity contribution >= 4 is 17.4 Å². The molecule has 2 nitrogen and oxygen atoms in total. The Bertz CT molecular complexity index is 388. The molecule has 1 fully saturated rings. The first-order valence-corrected chi connectivity index (χ1v) is 6.57. The fourth-order valence-electron chi connectivity index (χ4n) is 2.35. The zero-order valence-electron chi connectivity index (χ0n) is 10.2. The van der Waals surface area contributed by atoms with E-state index in [9.17, 15) is 4.79 Å². The second kappa shape index (κ2) is 5.65. The van der Waals surface area contributed by atoms with E-state index in [4.69, 9.17) is 11.6 Å². The minimum atomic E-state index is 0.209. The van der Waals surface area contributed by atoms with Crippen LogP contribution in [0.25, 0.3) is 0 Å². The highest BCUT2D eigenvalue weighted by Gasteiger charge is 2.20. The lowest BCUT2D eigenvalue weighted by molar-refractivity contribution is 0.0963. The number of ketones is 1. The highest BCUT2D eigenvalue weighted by atomic mass is 35.5. The molecule has 1 atom stereocenters. The number of hydrogen-bond acceptors (Lipinski definition) is 2. The van der Waals surface area contributed by atoms with Gasteiger partial charge in [0, 0.05) is 29.6 Å². The van der Waals surface area contributed by atoms with Crippen LogP contribution in [-0.4, -0.2) is 29.8 Å². The maximum absolute atomic E-state index is 11.9. The fourth-order valence-corrected chi connectivity index (χ4v) is 2.48. The van der Waals surface area contributed by atoms with Crippen LogP contribution in [0.3, 0.4) is 0 Å². The van der Waals surface area contributed by atoms with Gasteiger partial charge in [0.2, 0.25) is 0 Å². The third-order valence-corrected chi connectivity index (χ3v) is 3.73. The molecule has 0 N–H and O–H groups in total. The van der Waals surface area contributed by atoms with Gasteiger partial charge in [-0.2, -0.15) is 0 Å². The number of nitrogens with zero attached hydrogens (tertiary/aromatic N) is 1. The number of Topliss-reactive ketones (excluding diaryl/α,β-unsaturated/α-hetero) is 1. The zero-order chi connectivity index (χ0) is 12.3. The summed E-state index contributed by atoms with van der Waals surface area (Å²) in [6, 6.07) is 7.78. The van der Waals surface area contributed by atoms with Crippen LogP contribution in [0.1, 0.15) is 36.5 Å². The van der Waals surface area contributed by atoms with Crippen LogP contribution in [0.15, 0.2) is 24.3 Å². The van der Waals surface area contributed by atoms with Gasteiger partial charge >= 0.3 is 0 Å². The maximum atomic E-state index is 11.9. The van der Waals surface area contributed by atoms with Crippen molar-refractivity contribution in [3.05, 3.63) is 34.9 Å². The third-order valence-electron chi connectivity index (χ3n) is 3.48. The Morgan fingerprint density at radius 2 is 2.12 bits per heavy atom. The Morgan fingerprint density at radius 3 is 2.71 bits per heavy atom. The third kappa shape index (κ3) is 3.30. The molecule has 0 saturated carbocycles. The molecule has 3 heteroatoms. The second-order valence-corrected chi connectivity index (χ2v) is 5.14. The van der Waals surface area contributed by atoms with Crippen LogP contribution < -0.4 is 0 Å². The van der Waals surface area contributed by atoms with E-state index in [0.717, 1.165) is 18.7 Å². The van der Waals surface area contributed by atoms with Gasteiger partial charge in [0.25, 0.3) is 0 Å². The van der Waals surface area contributed by atoms with Gasteiger partial charge in [0.1, 0.15) is 0 Å². The van der Waals surface area contributed by atoms with Crippen molar-refractivity contribution in [2.75, 3.05) is 13.1 Å². The van der Waals surface area contributed by atoms with Crippen LogP contribution in [0.4, 0.5) is 0 Å². The smallest absolute Gasteiger partial charge is 0.164 e. The van der Waals surface area contributed by atoms with Crippen molar-refractivity contribution in [2.24, 2.45) is 0 Å². The summed E-state index contributed by atoms with van der Waals surface area (Å²) in [5.74, 6) is 0.209. The van der Waals surface area contributed by atoms with E-state index in [0.29, 0.717) is 17.5 Å². The van der Waals surface area contributed by atoms with Crippen LogP contribution in [0.2, 0.25) is 5.02 Å². The summed E-state index contributed by atoms with van der Waals surface area (Å²) in [6.07, 6.45) is 3.12. The van der Waals surface area contributed by atoms with Crippen molar-refractivity contribution in [1.29, 1.82) is 0 Å². The Morgan fingerprint density at radius 1 is 1.41 bits per heavy atom. The normalized spacial score (nSPS) is 20.7. The summed E-state index contributed by atoms with van der Waals surface area (Å²) < 4.78 is 0. The van der Waals surface area contributed by atoms with Gasteiger partial charge < -0.3 is 4.90 Å². The molecule has 2 rings (SSSR count). The Balaban J connectivity index is 1.87. The minimum Gasteiger partial charge on any atom is -0.300 e. The standard InChI is InChI=1S/C14H18ClNO/c1-11-3-2-9-16(11)10-8-14(17)12-4-6-13(15)7-5-12/h4-7,11H,2-3,8-10H2,1H3. The van der Waals surface area contributed by atoms with Crippen LogP contribution in [-0.2, 0) is 0 Å². The Labute approximate surface area is 108 Å². The van der Waals surface area contributed by atoms with Gasteiger partial charge in [0.05, 0.1) is 0 Å². The van der Waals surface area contributed by atoms with E-state index in [2.05, 4.69) is 11.8 Å². The molecule has 0 amide bonds. The molecule has 0 radical (unpaired) electrons. The molecule has 92 valence electrons. The van der Waals surface area contributed by atoms with Gasteiger partial charge in [-0.15, -0.1) is 0 Å². The highest BCUT2D eigenvalue weighted by Crippen LogP contribution is 2.17. The molecule has 1 unspecified atom stereocenters. The molecule has 0 bridgehead atoms. The maximum Gasteiger partial charge on any atom is 0.164 e. The first-order chi connectivity index (χ1) is 8.16. The number of carbonyl (C=O) groups is 1. The summed E-state index contributed by atoms with van der Waals surface area (Å²) in [4.78, 5) is 14.3. The molecular weight excluding hydrogens is 234 g/mol. The summed E-state index contributed by atoms with van der Waals surface area (Å²) >= 11 is 5.80. The van der Waals surface area contributed by atoms with Crippen molar-refractivity contribution in [1.82, 2.24) is 4.90 Å². The van der Waals surface area contributed by atoms with Gasteiger partial charge in [0.15, 0.2) is 5.78 Å². The van der Waals surface area contributed by atoms with Gasteiger partial charge in [-0.05, 0) is 50.6 Å². The number of benzene rings is 1. The molecule has 1 aromatic carbocycles. The quantitative estimate of drug-likeness (QED) is 0.765. The summed E-state index contributed by atoms with van der Waals surface area (Å²) in [7, 11) is 0. The molecule has 1 aliphatic heterocycles. The van der Waals surface area contributed by atoms with Gasteiger partial charge in [-0.3, -0.25) is 4.79 Å². The number of halogens is 1. The van der Waals surface area contributed by atoms with Crippen molar-refractivity contribution < 1.29 is 4.79 Å². The molecule has 0 spiro atoms. The van der Waals surface area contributed by atoms with E-state index >= 15 is 0 Å². The van der Waals surface area contributed by atoms with E-state index in [1.165, 1.54) is 12.8 Å². The topological polar surface area (TPSA) is 20.3 Å². The van der Waals surface area contributed by atoms with E-state index < -0.39 is 0 Å². The molecular formula is C14H18ClNO. The average Bonchev–Trinajstić information content (AvgIpc) is 2.73. The number of carbonyl (C=O) groups excluding carboxylic acids is 1. The fraction of sp³-hybridized carbons (Fsp3) is 0.500. The molecule has 1 saturated heterocycles. The molecule has 17 heavy (non-hydrogen) atoms. The first-order valence-electron chi connectivity index (χ1n) is 6.19. The lowest BCUT2D eigenvalue weighted by Gasteiger charge is -2.20. The van der Waals surface area contributed by atoms with Crippen LogP contribution in [0, 0.1) is 0 Å². The first kappa shape index (κ1) is 12.6. The van der Waals surface area contributed by atoms with E-state index in [-0.39, 0.29) is 5.78 Å². The highest BCUT2D eigenvalue weighted by molar-refractivity contribution is 6.30. The van der Waals surface area contributed by atoms with E-state index in [1.54, 1.807) is 24.3 Å². The van der Waals surface area contributed by atoms with Gasteiger partial charge in [-0.25, -0.2) is 0 Å². The average molecular weight is 252 g/mol. The van der Waals surface area contributed by atoms with Crippen LogP contribution >= 0.6 is 11.6 Å². The molecule has 0 aromatic heterocycles. The SMILES string of the molecule is CC1CCCN1CCC(=O)c1ccc(Cl)cc1. The number of hydrogen-bond donors (Lipinski definition) is 0. The lowest BCUT2D eigenvalue weighted by atomic mass is 10.1. The number of likely N-dealkylation sites (tertiary alicyclic amines) is 1. The summed E-state index contributed by atoms with van der Waals surface area (Å²) in [6.45, 7) is 4.25. The van der Waals surface area contributed by atoms with Crippen LogP contribution in [0.5, 0.6) is 0 Å². The monoisotopic (exact) mass is 251 g/mol. The van der Waals surface area contributed by atoms with Crippen molar-refractivity contribution in [3.63, 3.8) is 0 Å². The Kier molecular flexibility index (Phi) is 4.19. The minimum absolute atomic E-state index is 0.209. The second-order valence-electron chi connectivity index (χ2n) is 4.71. The Hall–Kier alpha value is -0.860. The van der Waals surface area contributed by atoms with E-state index in [1.807, 2.05) is 0 Å². The predicted molar refractivity (Wildman–Crippen MR) is 70.7 cm³/mol. The zero-order valence-corrected chi connectivity index (χ0v) is 10.9. The van der Waals surface area contributed by atoms with Crippen molar-refractivity contribution in [3.8, 4) is 0 Å². The van der Waals surface area contributed by atoms with Gasteiger partial charge in [-0.1, -0.05) is 11.6 Å². The molecule has 1 aliphatic rings.